The second-order valence-electron chi connectivity index (χ2n) is 13.0. The van der Waals surface area contributed by atoms with Crippen LogP contribution < -0.4 is 26.0 Å². The summed E-state index contributed by atoms with van der Waals surface area (Å²) in [6, 6.07) is 18.7. The summed E-state index contributed by atoms with van der Waals surface area (Å²) >= 11 is 6.12. The molecule has 12 nitrogen and oxygen atoms in total. The zero-order valence-electron chi connectivity index (χ0n) is 28.0. The van der Waals surface area contributed by atoms with E-state index < -0.39 is 29.7 Å². The van der Waals surface area contributed by atoms with E-state index >= 15 is 0 Å². The minimum Gasteiger partial charge on any atom is -0.490 e. The van der Waals surface area contributed by atoms with E-state index in [1.165, 1.54) is 0 Å². The lowest BCUT2D eigenvalue weighted by Gasteiger charge is -2.29. The van der Waals surface area contributed by atoms with Crippen LogP contribution in [0, 0.1) is 11.3 Å². The number of anilines is 2. The fourth-order valence-electron chi connectivity index (χ4n) is 6.66. The Hall–Kier alpha value is -5.41. The van der Waals surface area contributed by atoms with E-state index in [-0.39, 0.29) is 42.0 Å². The molecule has 5 amide bonds. The van der Waals surface area contributed by atoms with Crippen LogP contribution in [-0.2, 0) is 9.59 Å². The first-order chi connectivity index (χ1) is 24.7. The van der Waals surface area contributed by atoms with Gasteiger partial charge in [0.2, 0.25) is 11.8 Å². The molecule has 2 heterocycles. The van der Waals surface area contributed by atoms with Crippen molar-refractivity contribution in [2.75, 3.05) is 23.7 Å². The van der Waals surface area contributed by atoms with Gasteiger partial charge in [-0.15, -0.1) is 0 Å². The summed E-state index contributed by atoms with van der Waals surface area (Å²) in [7, 11) is 0. The summed E-state index contributed by atoms with van der Waals surface area (Å²) < 4.78 is 6.05. The second-order valence-corrected chi connectivity index (χ2v) is 13.4. The summed E-state index contributed by atoms with van der Waals surface area (Å²) in [4.78, 5) is 63.5. The van der Waals surface area contributed by atoms with Crippen LogP contribution in [-0.4, -0.2) is 65.7 Å². The van der Waals surface area contributed by atoms with Crippen LogP contribution in [0.5, 0.6) is 5.75 Å². The minimum absolute atomic E-state index is 0.0372. The third kappa shape index (κ3) is 8.49. The average Bonchev–Trinajstić information content (AvgIpc) is 3.37. The number of unbranched alkanes of at least 4 members (excludes halogenated alkanes) is 2. The Morgan fingerprint density at radius 2 is 1.53 bits per heavy atom. The second kappa shape index (κ2) is 16.1. The predicted molar refractivity (Wildman–Crippen MR) is 191 cm³/mol. The standard InChI is InChI=1S/C38H39ClN6O6/c39-32-21-29(12-6-24(32)22-40)51-28-13-9-26(10-14-28)43-35(47)23-4-7-25(8-5-23)41-18-2-1-3-19-42-27-11-15-30-31(20-27)38(50)45(37(30)49)33-16-17-34(46)44-36(33)48/h4-8,11-12,15,20-21,26,28,33,41-42H,1-3,9-10,13-14,16-19H2,(H,43,47)(H,44,46,48)/t26-,28-,33?. The lowest BCUT2D eigenvalue weighted by atomic mass is 9.92. The lowest BCUT2D eigenvalue weighted by molar-refractivity contribution is -0.136. The Balaban J connectivity index is 0.858. The molecule has 264 valence electrons. The van der Waals surface area contributed by atoms with Crippen LogP contribution in [0.2, 0.25) is 5.02 Å². The maximum atomic E-state index is 13.0. The molecule has 1 atom stereocenters. The van der Waals surface area contributed by atoms with Crippen molar-refractivity contribution in [3.8, 4) is 11.8 Å². The molecule has 3 aromatic rings. The fraction of sp³-hybridized carbons (Fsp3) is 0.368. The summed E-state index contributed by atoms with van der Waals surface area (Å²) in [6.45, 7) is 1.46. The average molecular weight is 711 g/mol. The largest absolute Gasteiger partial charge is 0.490 e. The number of amides is 5. The number of carbonyl (C=O) groups excluding carboxylic acids is 5. The number of imide groups is 2. The highest BCUT2D eigenvalue weighted by Crippen LogP contribution is 2.30. The van der Waals surface area contributed by atoms with Crippen molar-refractivity contribution in [2.45, 2.75) is 76.0 Å². The van der Waals surface area contributed by atoms with Crippen molar-refractivity contribution in [2.24, 2.45) is 0 Å². The van der Waals surface area contributed by atoms with Gasteiger partial charge < -0.3 is 20.7 Å². The number of rotatable bonds is 13. The molecule has 1 unspecified atom stereocenters. The van der Waals surface area contributed by atoms with E-state index in [0.717, 1.165) is 67.8 Å². The molecule has 0 spiro atoms. The molecule has 3 aromatic carbocycles. The lowest BCUT2D eigenvalue weighted by Crippen LogP contribution is -2.54. The SMILES string of the molecule is N#Cc1ccc(O[C@H]2CC[C@H](NC(=O)c3ccc(NCCCCCNc4ccc5c(c4)C(=O)N(C4CCC(=O)NC4=O)C5=O)cc3)CC2)cc1Cl. The maximum Gasteiger partial charge on any atom is 0.262 e. The number of carbonyl (C=O) groups is 5. The van der Waals surface area contributed by atoms with Crippen molar-refractivity contribution in [3.63, 3.8) is 0 Å². The summed E-state index contributed by atoms with van der Waals surface area (Å²) in [5.74, 6) is -1.52. The number of hydrogen-bond acceptors (Lipinski definition) is 9. The van der Waals surface area contributed by atoms with Crippen LogP contribution in [0.1, 0.15) is 94.4 Å². The molecule has 1 saturated heterocycles. The zero-order valence-corrected chi connectivity index (χ0v) is 28.8. The van der Waals surface area contributed by atoms with Crippen molar-refractivity contribution < 1.29 is 28.7 Å². The highest BCUT2D eigenvalue weighted by Gasteiger charge is 2.44. The number of halogens is 1. The Bertz CT molecular complexity index is 1870. The molecule has 3 aliphatic rings. The zero-order chi connectivity index (χ0) is 35.9. The molecule has 0 bridgehead atoms. The first kappa shape index (κ1) is 35.4. The van der Waals surface area contributed by atoms with Gasteiger partial charge in [-0.1, -0.05) is 11.6 Å². The van der Waals surface area contributed by atoms with Crippen molar-refractivity contribution in [1.29, 1.82) is 5.26 Å². The Kier molecular flexibility index (Phi) is 11.2. The Morgan fingerprint density at radius 3 is 2.22 bits per heavy atom. The van der Waals surface area contributed by atoms with E-state index in [4.69, 9.17) is 21.6 Å². The summed E-state index contributed by atoms with van der Waals surface area (Å²) in [5.41, 5.74) is 3.19. The fourth-order valence-corrected chi connectivity index (χ4v) is 6.87. The van der Waals surface area contributed by atoms with Gasteiger partial charge in [-0.2, -0.15) is 5.26 Å². The van der Waals surface area contributed by atoms with Crippen LogP contribution in [0.3, 0.4) is 0 Å². The van der Waals surface area contributed by atoms with Crippen molar-refractivity contribution in [3.05, 3.63) is 87.9 Å². The van der Waals surface area contributed by atoms with Gasteiger partial charge in [-0.25, -0.2) is 0 Å². The number of piperidine rings is 1. The first-order valence-electron chi connectivity index (χ1n) is 17.3. The van der Waals surface area contributed by atoms with E-state index in [0.29, 0.717) is 28.4 Å². The number of nitrogens with one attached hydrogen (secondary N) is 4. The predicted octanol–water partition coefficient (Wildman–Crippen LogP) is 5.43. The number of nitrogens with zero attached hydrogens (tertiary/aromatic N) is 2. The van der Waals surface area contributed by atoms with Crippen molar-refractivity contribution >= 4 is 52.5 Å². The van der Waals surface area contributed by atoms with Crippen molar-refractivity contribution in [1.82, 2.24) is 15.5 Å². The van der Waals surface area contributed by atoms with Crippen LogP contribution in [0.4, 0.5) is 11.4 Å². The molecule has 1 saturated carbocycles. The molecular weight excluding hydrogens is 672 g/mol. The summed E-state index contributed by atoms with van der Waals surface area (Å²) in [6.07, 6.45) is 6.28. The van der Waals surface area contributed by atoms with E-state index in [1.54, 1.807) is 36.4 Å². The molecule has 1 aliphatic carbocycles. The first-order valence-corrected chi connectivity index (χ1v) is 17.7. The molecule has 51 heavy (non-hydrogen) atoms. The number of hydrogen-bond donors (Lipinski definition) is 4. The van der Waals surface area contributed by atoms with Gasteiger partial charge in [0, 0.05) is 48.6 Å². The molecule has 0 radical (unpaired) electrons. The Labute approximate surface area is 300 Å². The van der Waals surface area contributed by atoms with Gasteiger partial charge in [0.1, 0.15) is 17.9 Å². The normalized spacial score (nSPS) is 19.9. The summed E-state index contributed by atoms with van der Waals surface area (Å²) in [5, 5.41) is 21.5. The van der Waals surface area contributed by atoms with Crippen LogP contribution in [0.25, 0.3) is 0 Å². The van der Waals surface area contributed by atoms with Gasteiger partial charge in [0.15, 0.2) is 0 Å². The van der Waals surface area contributed by atoms with E-state index in [1.807, 2.05) is 30.3 Å². The monoisotopic (exact) mass is 710 g/mol. The molecule has 6 rings (SSSR count). The molecule has 2 aliphatic heterocycles. The number of benzene rings is 3. The van der Waals surface area contributed by atoms with Gasteiger partial charge in [-0.05, 0) is 106 Å². The quantitative estimate of drug-likeness (QED) is 0.134. The molecule has 4 N–H and O–H groups in total. The molecular formula is C38H39ClN6O6. The maximum absolute atomic E-state index is 13.0. The number of fused-ring (bicyclic) bond motifs is 1. The van der Waals surface area contributed by atoms with Crippen LogP contribution in [0.15, 0.2) is 60.7 Å². The topological polar surface area (TPSA) is 170 Å². The third-order valence-corrected chi connectivity index (χ3v) is 9.78. The number of nitriles is 1. The number of ether oxygens (including phenoxy) is 1. The molecule has 13 heteroatoms. The third-order valence-electron chi connectivity index (χ3n) is 9.47. The molecule has 2 fully saturated rings. The highest BCUT2D eigenvalue weighted by atomic mass is 35.5. The van der Waals surface area contributed by atoms with E-state index in [9.17, 15) is 24.0 Å². The minimum atomic E-state index is -0.982. The molecule has 0 aromatic heterocycles. The smallest absolute Gasteiger partial charge is 0.262 e. The van der Waals surface area contributed by atoms with Gasteiger partial charge in [-0.3, -0.25) is 34.2 Å². The Morgan fingerprint density at radius 1 is 0.843 bits per heavy atom. The highest BCUT2D eigenvalue weighted by molar-refractivity contribution is 6.31. The van der Waals surface area contributed by atoms with E-state index in [2.05, 4.69) is 21.3 Å². The van der Waals surface area contributed by atoms with Gasteiger partial charge in [0.25, 0.3) is 17.7 Å². The van der Waals surface area contributed by atoms with Gasteiger partial charge in [0.05, 0.1) is 27.8 Å². The van der Waals surface area contributed by atoms with Crippen LogP contribution >= 0.6 is 11.6 Å². The van der Waals surface area contributed by atoms with Gasteiger partial charge >= 0.3 is 0 Å².